The molecule has 9 atom stereocenters. The lowest BCUT2D eigenvalue weighted by molar-refractivity contribution is -0.200. The summed E-state index contributed by atoms with van der Waals surface area (Å²) in [5.74, 6) is 0.830. The summed E-state index contributed by atoms with van der Waals surface area (Å²) < 4.78 is 27.2. The van der Waals surface area contributed by atoms with Gasteiger partial charge in [0.2, 0.25) is 0 Å². The van der Waals surface area contributed by atoms with Gasteiger partial charge in [-0.2, -0.15) is 0 Å². The van der Waals surface area contributed by atoms with Crippen LogP contribution in [0.2, 0.25) is 0 Å². The number of hydrogen-bond acceptors (Lipinski definition) is 8. The molecule has 5 aliphatic rings. The predicted octanol–water partition coefficient (Wildman–Crippen LogP) is 4.73. The number of carbonyl (C=O) groups is 2. The first-order valence-electron chi connectivity index (χ1n) is 12.7. The maximum Gasteiger partial charge on any atom is 0.508 e. The average Bonchev–Trinajstić information content (AvgIpc) is 3.34. The van der Waals surface area contributed by atoms with Gasteiger partial charge in [0.1, 0.15) is 12.2 Å². The molecule has 1 N–H and O–H groups in total. The van der Waals surface area contributed by atoms with E-state index in [4.69, 9.17) is 23.7 Å². The van der Waals surface area contributed by atoms with Crippen LogP contribution in [0.4, 0.5) is 9.59 Å². The van der Waals surface area contributed by atoms with Crippen LogP contribution >= 0.6 is 0 Å². The van der Waals surface area contributed by atoms with E-state index < -0.39 is 24.7 Å². The van der Waals surface area contributed by atoms with Crippen LogP contribution < -0.4 is 0 Å². The second-order valence-corrected chi connectivity index (χ2v) is 11.5. The van der Waals surface area contributed by atoms with Crippen LogP contribution in [0.15, 0.2) is 11.6 Å². The summed E-state index contributed by atoms with van der Waals surface area (Å²) in [6.07, 6.45) is 7.32. The first kappa shape index (κ1) is 23.9. The van der Waals surface area contributed by atoms with E-state index in [1.54, 1.807) is 0 Å². The maximum atomic E-state index is 12.3. The highest BCUT2D eigenvalue weighted by Gasteiger charge is 2.68. The van der Waals surface area contributed by atoms with Gasteiger partial charge in [-0.05, 0) is 73.7 Å². The van der Waals surface area contributed by atoms with Gasteiger partial charge in [-0.25, -0.2) is 9.59 Å². The number of rotatable bonds is 2. The topological polar surface area (TPSA) is 101 Å². The number of fused-ring (bicyclic) bond motifs is 6. The minimum atomic E-state index is -0.684. The molecule has 190 valence electrons. The van der Waals surface area contributed by atoms with E-state index in [2.05, 4.69) is 19.9 Å². The van der Waals surface area contributed by atoms with E-state index >= 15 is 0 Å². The molecule has 0 radical (unpaired) electrons. The van der Waals surface area contributed by atoms with Crippen LogP contribution in [-0.2, 0) is 23.7 Å². The molecular formula is C26H38O8. The molecule has 1 heterocycles. The lowest BCUT2D eigenvalue weighted by Crippen LogP contribution is -2.58. The number of carbonyl (C=O) groups excluding carboxylic acids is 2. The normalized spacial score (nSPS) is 47.1. The summed E-state index contributed by atoms with van der Waals surface area (Å²) in [5, 5.41) is 10.2. The van der Waals surface area contributed by atoms with Crippen molar-refractivity contribution < 1.29 is 38.4 Å². The van der Waals surface area contributed by atoms with Crippen molar-refractivity contribution in [2.24, 2.45) is 28.6 Å². The zero-order valence-electron chi connectivity index (χ0n) is 20.7. The Morgan fingerprint density at radius 2 is 1.62 bits per heavy atom. The molecule has 1 saturated heterocycles. The van der Waals surface area contributed by atoms with E-state index in [1.807, 2.05) is 0 Å². The molecule has 0 bridgehead atoms. The van der Waals surface area contributed by atoms with Crippen LogP contribution in [-0.4, -0.2) is 55.7 Å². The predicted molar refractivity (Wildman–Crippen MR) is 121 cm³/mol. The van der Waals surface area contributed by atoms with E-state index in [-0.39, 0.29) is 28.5 Å². The first-order valence-corrected chi connectivity index (χ1v) is 12.7. The third-order valence-electron chi connectivity index (χ3n) is 10.3. The largest absolute Gasteiger partial charge is 0.508 e. The first-order chi connectivity index (χ1) is 16.2. The van der Waals surface area contributed by atoms with Crippen molar-refractivity contribution in [2.75, 3.05) is 14.2 Å². The molecule has 8 nitrogen and oxygen atoms in total. The Labute approximate surface area is 201 Å². The fourth-order valence-electron chi connectivity index (χ4n) is 8.58. The van der Waals surface area contributed by atoms with Crippen molar-refractivity contribution in [1.82, 2.24) is 0 Å². The molecule has 9 unspecified atom stereocenters. The van der Waals surface area contributed by atoms with Crippen molar-refractivity contribution in [3.63, 3.8) is 0 Å². The molecule has 0 aromatic carbocycles. The number of methoxy groups -OCH3 is 2. The third kappa shape index (κ3) is 3.47. The Morgan fingerprint density at radius 3 is 2.29 bits per heavy atom. The van der Waals surface area contributed by atoms with Gasteiger partial charge in [-0.3, -0.25) is 0 Å². The molecule has 0 amide bonds. The second-order valence-electron chi connectivity index (χ2n) is 11.5. The van der Waals surface area contributed by atoms with Gasteiger partial charge in [-0.1, -0.05) is 19.4 Å². The van der Waals surface area contributed by atoms with Gasteiger partial charge in [0.05, 0.1) is 19.8 Å². The minimum absolute atomic E-state index is 0.0379. The third-order valence-corrected chi connectivity index (χ3v) is 10.3. The van der Waals surface area contributed by atoms with Crippen LogP contribution in [0.1, 0.15) is 71.6 Å². The maximum absolute atomic E-state index is 12.3. The van der Waals surface area contributed by atoms with E-state index in [1.165, 1.54) is 19.8 Å². The Morgan fingerprint density at radius 1 is 0.941 bits per heavy atom. The molecule has 1 spiro atoms. The molecule has 8 heteroatoms. The summed E-state index contributed by atoms with van der Waals surface area (Å²) in [6, 6.07) is 0. The highest BCUT2D eigenvalue weighted by molar-refractivity contribution is 5.60. The smallest absolute Gasteiger partial charge is 0.438 e. The summed E-state index contributed by atoms with van der Waals surface area (Å²) in [7, 11) is 2.66. The Balaban J connectivity index is 1.49. The average molecular weight is 479 g/mol. The lowest BCUT2D eigenvalue weighted by atomic mass is 9.46. The van der Waals surface area contributed by atoms with Gasteiger partial charge >= 0.3 is 12.3 Å². The standard InChI is InChI=1S/C26H38O8/c1-24-9-5-16(32-22(28)30-3)13-15(24)14-19(33-23(29)31-4)21-17(24)6-10-25(2)18(21)7-11-26(25)12-8-20(27)34-26/h14,16-21,27H,5-13H2,1-4H3. The number of aliphatic hydroxyl groups excluding tert-OH is 1. The molecule has 5 rings (SSSR count). The zero-order chi connectivity index (χ0) is 24.3. The number of hydrogen-bond donors (Lipinski definition) is 1. The molecule has 4 aliphatic carbocycles. The van der Waals surface area contributed by atoms with Crippen molar-refractivity contribution in [2.45, 2.75) is 95.7 Å². The SMILES string of the molecule is COC(=O)OC1CCC2(C)C(=CC(OC(=O)OC)C3C2CCC2(C)C3CCC23CCC(O)O3)C1. The Kier molecular flexibility index (Phi) is 5.91. The zero-order valence-corrected chi connectivity index (χ0v) is 20.7. The number of aliphatic hydroxyl groups is 1. The Hall–Kier alpha value is -1.80. The van der Waals surface area contributed by atoms with Gasteiger partial charge in [0, 0.05) is 18.8 Å². The molecule has 1 aliphatic heterocycles. The molecule has 3 saturated carbocycles. The van der Waals surface area contributed by atoms with Crippen LogP contribution in [0.3, 0.4) is 0 Å². The van der Waals surface area contributed by atoms with Crippen LogP contribution in [0, 0.1) is 28.6 Å². The lowest BCUT2D eigenvalue weighted by Gasteiger charge is -2.60. The quantitative estimate of drug-likeness (QED) is 0.449. The van der Waals surface area contributed by atoms with Crippen molar-refractivity contribution in [1.29, 1.82) is 0 Å². The van der Waals surface area contributed by atoms with E-state index in [9.17, 15) is 14.7 Å². The molecule has 34 heavy (non-hydrogen) atoms. The van der Waals surface area contributed by atoms with E-state index in [0.29, 0.717) is 24.7 Å². The molecular weight excluding hydrogens is 440 g/mol. The molecule has 0 aromatic heterocycles. The van der Waals surface area contributed by atoms with Gasteiger partial charge in [0.15, 0.2) is 6.29 Å². The second kappa shape index (κ2) is 8.40. The Bertz CT molecular complexity index is 871. The highest BCUT2D eigenvalue weighted by Crippen LogP contribution is 2.70. The van der Waals surface area contributed by atoms with E-state index in [0.717, 1.165) is 44.9 Å². The monoisotopic (exact) mass is 478 g/mol. The summed E-state index contributed by atoms with van der Waals surface area (Å²) >= 11 is 0. The molecule has 4 fully saturated rings. The summed E-state index contributed by atoms with van der Waals surface area (Å²) in [4.78, 5) is 24.0. The van der Waals surface area contributed by atoms with Crippen molar-refractivity contribution in [3.05, 3.63) is 11.6 Å². The summed E-state index contributed by atoms with van der Waals surface area (Å²) in [6.45, 7) is 4.67. The van der Waals surface area contributed by atoms with Crippen LogP contribution in [0.5, 0.6) is 0 Å². The van der Waals surface area contributed by atoms with Gasteiger partial charge < -0.3 is 28.8 Å². The minimum Gasteiger partial charge on any atom is -0.438 e. The highest BCUT2D eigenvalue weighted by atomic mass is 16.7. The van der Waals surface area contributed by atoms with Crippen molar-refractivity contribution in [3.8, 4) is 0 Å². The van der Waals surface area contributed by atoms with Gasteiger partial charge in [-0.15, -0.1) is 0 Å². The fraction of sp³-hybridized carbons (Fsp3) is 0.846. The number of ether oxygens (including phenoxy) is 5. The summed E-state index contributed by atoms with van der Waals surface area (Å²) in [5.41, 5.74) is 0.793. The van der Waals surface area contributed by atoms with Gasteiger partial charge in [0.25, 0.3) is 0 Å². The fourth-order valence-corrected chi connectivity index (χ4v) is 8.58. The van der Waals surface area contributed by atoms with Crippen molar-refractivity contribution >= 4 is 12.3 Å². The molecule has 0 aromatic rings. The van der Waals surface area contributed by atoms with Crippen LogP contribution in [0.25, 0.3) is 0 Å².